The van der Waals surface area contributed by atoms with Gasteiger partial charge in [-0.3, -0.25) is 4.40 Å². The molecule has 0 radical (unpaired) electrons. The summed E-state index contributed by atoms with van der Waals surface area (Å²) in [7, 11) is 0. The quantitative estimate of drug-likeness (QED) is 0.158. The number of aryl methyl sites for hydroxylation is 1. The second kappa shape index (κ2) is 14.8. The predicted molar refractivity (Wildman–Crippen MR) is 223 cm³/mol. The lowest BCUT2D eigenvalue weighted by Gasteiger charge is -2.29. The Labute approximate surface area is 321 Å². The summed E-state index contributed by atoms with van der Waals surface area (Å²) in [6, 6.07) is 10.4. The number of aromatic nitrogens is 7. The highest BCUT2D eigenvalue weighted by atomic mass is 15.1. The van der Waals surface area contributed by atoms with Crippen LogP contribution in [0.15, 0.2) is 42.7 Å². The molecule has 0 N–H and O–H groups in total. The minimum absolute atomic E-state index is 0.0141. The van der Waals surface area contributed by atoms with E-state index in [1.54, 1.807) is 0 Å². The van der Waals surface area contributed by atoms with Gasteiger partial charge < -0.3 is 0 Å². The van der Waals surface area contributed by atoms with Crippen molar-refractivity contribution >= 4 is 16.6 Å². The van der Waals surface area contributed by atoms with Crippen molar-refractivity contribution in [3.05, 3.63) is 88.5 Å². The second-order valence-corrected chi connectivity index (χ2v) is 21.1. The van der Waals surface area contributed by atoms with Gasteiger partial charge in [0.05, 0.1) is 22.6 Å². The number of benzene rings is 1. The van der Waals surface area contributed by atoms with Crippen LogP contribution in [-0.4, -0.2) is 34.3 Å². The number of nitrogens with zero attached hydrogens (tertiary/aromatic N) is 7. The van der Waals surface area contributed by atoms with Gasteiger partial charge in [0.15, 0.2) is 0 Å². The van der Waals surface area contributed by atoms with Crippen molar-refractivity contribution in [3.63, 3.8) is 0 Å². The SMILES string of the molecule is CC(C)(C)c1cc2nccn2c(C(C)(C)C)n1.CC(C)(C)c1nc(C(C)(C)C)c2ccccc2n1.CC(C)(C)c1nc2c(c(C(C)(C)C)n1)CCCC2. The highest BCUT2D eigenvalue weighted by molar-refractivity contribution is 5.81. The fourth-order valence-electron chi connectivity index (χ4n) is 6.37. The van der Waals surface area contributed by atoms with Crippen LogP contribution in [0.5, 0.6) is 0 Å². The zero-order chi connectivity index (χ0) is 39.9. The summed E-state index contributed by atoms with van der Waals surface area (Å²) in [5.41, 5.74) is 8.50. The van der Waals surface area contributed by atoms with E-state index in [9.17, 15) is 0 Å². The van der Waals surface area contributed by atoms with Gasteiger partial charge in [0.25, 0.3) is 0 Å². The molecule has 1 aromatic carbocycles. The lowest BCUT2D eigenvalue weighted by molar-refractivity contribution is 0.492. The van der Waals surface area contributed by atoms with Crippen molar-refractivity contribution in [2.24, 2.45) is 0 Å². The summed E-state index contributed by atoms with van der Waals surface area (Å²) in [5.74, 6) is 3.00. The Morgan fingerprint density at radius 3 is 1.62 bits per heavy atom. The predicted octanol–water partition coefficient (Wildman–Crippen LogP) is 11.5. The molecule has 0 aliphatic heterocycles. The van der Waals surface area contributed by atoms with E-state index >= 15 is 0 Å². The average molecular weight is 720 g/mol. The molecule has 7 nitrogen and oxygen atoms in total. The number of hydrogen-bond acceptors (Lipinski definition) is 6. The van der Waals surface area contributed by atoms with Crippen molar-refractivity contribution in [1.29, 1.82) is 0 Å². The highest BCUT2D eigenvalue weighted by Gasteiger charge is 2.29. The number of rotatable bonds is 0. The largest absolute Gasteiger partial charge is 0.287 e. The number of fused-ring (bicyclic) bond motifs is 3. The van der Waals surface area contributed by atoms with Crippen LogP contribution in [-0.2, 0) is 45.3 Å². The van der Waals surface area contributed by atoms with E-state index < -0.39 is 0 Å². The van der Waals surface area contributed by atoms with Crippen molar-refractivity contribution < 1.29 is 0 Å². The van der Waals surface area contributed by atoms with E-state index in [4.69, 9.17) is 24.9 Å². The number of para-hydroxylation sites is 1. The molecule has 4 aromatic heterocycles. The molecule has 0 atom stereocenters. The van der Waals surface area contributed by atoms with Crippen LogP contribution in [0.4, 0.5) is 0 Å². The topological polar surface area (TPSA) is 81.8 Å². The van der Waals surface area contributed by atoms with Gasteiger partial charge >= 0.3 is 0 Å². The third kappa shape index (κ3) is 10.3. The Bertz CT molecular complexity index is 2030. The summed E-state index contributed by atoms with van der Waals surface area (Å²) in [6.07, 6.45) is 8.66. The van der Waals surface area contributed by atoms with Gasteiger partial charge in [0.1, 0.15) is 23.1 Å². The summed E-state index contributed by atoms with van der Waals surface area (Å²) >= 11 is 0. The maximum Gasteiger partial charge on any atom is 0.139 e. The summed E-state index contributed by atoms with van der Waals surface area (Å²) < 4.78 is 2.08. The Kier molecular flexibility index (Phi) is 11.8. The Hall–Kier alpha value is -3.74. The van der Waals surface area contributed by atoms with E-state index in [1.807, 2.05) is 18.5 Å². The molecule has 7 heteroatoms. The summed E-state index contributed by atoms with van der Waals surface area (Å²) in [6.45, 7) is 39.5. The average Bonchev–Trinajstić information content (AvgIpc) is 3.50. The molecular weight excluding hydrogens is 651 g/mol. The molecule has 0 unspecified atom stereocenters. The summed E-state index contributed by atoms with van der Waals surface area (Å²) in [5, 5.41) is 1.16. The van der Waals surface area contributed by atoms with Crippen molar-refractivity contribution in [2.75, 3.05) is 0 Å². The van der Waals surface area contributed by atoms with Crippen molar-refractivity contribution in [1.82, 2.24) is 34.3 Å². The van der Waals surface area contributed by atoms with Crippen LogP contribution in [0.1, 0.15) is 183 Å². The third-order valence-electron chi connectivity index (χ3n) is 9.38. The minimum atomic E-state index is -0.0238. The highest BCUT2D eigenvalue weighted by Crippen LogP contribution is 2.33. The molecule has 53 heavy (non-hydrogen) atoms. The maximum atomic E-state index is 4.92. The molecule has 1 aliphatic rings. The summed E-state index contributed by atoms with van der Waals surface area (Å²) in [4.78, 5) is 28.5. The van der Waals surface area contributed by atoms with Gasteiger partial charge in [0.2, 0.25) is 0 Å². The van der Waals surface area contributed by atoms with Crippen LogP contribution in [0.2, 0.25) is 0 Å². The lowest BCUT2D eigenvalue weighted by atomic mass is 9.82. The Morgan fingerprint density at radius 2 is 1.08 bits per heavy atom. The van der Waals surface area contributed by atoms with Crippen molar-refractivity contribution in [2.45, 2.75) is 183 Å². The third-order valence-corrected chi connectivity index (χ3v) is 9.38. The van der Waals surface area contributed by atoms with Gasteiger partial charge in [0, 0.05) is 62.0 Å². The minimum Gasteiger partial charge on any atom is -0.287 e. The molecule has 4 heterocycles. The Balaban J connectivity index is 0.000000178. The molecule has 0 fully saturated rings. The molecule has 1 aliphatic carbocycles. The van der Waals surface area contributed by atoms with Gasteiger partial charge in [-0.15, -0.1) is 0 Å². The van der Waals surface area contributed by atoms with Crippen LogP contribution >= 0.6 is 0 Å². The standard InChI is InChI=1S/C16H26N2.C16H22N2.C14H21N3/c2*1-15(2,3)13-11-9-7-8-10-12(11)17-14(18-13)16(4,5)6;1-13(2,3)10-9-11-15-7-8-17(11)12(16-10)14(4,5)6/h7-10H2,1-6H3;7-10H,1-6H3;7-9H,1-6H3. The molecule has 0 saturated carbocycles. The van der Waals surface area contributed by atoms with Crippen LogP contribution in [0, 0.1) is 0 Å². The molecular formula is C46H69N7. The van der Waals surface area contributed by atoms with Gasteiger partial charge in [-0.1, -0.05) is 143 Å². The molecule has 0 saturated heterocycles. The fourth-order valence-corrected chi connectivity index (χ4v) is 6.37. The molecule has 6 rings (SSSR count). The van der Waals surface area contributed by atoms with Crippen LogP contribution in [0.3, 0.4) is 0 Å². The lowest BCUT2D eigenvalue weighted by Crippen LogP contribution is -2.26. The number of hydrogen-bond donors (Lipinski definition) is 0. The van der Waals surface area contributed by atoms with Gasteiger partial charge in [-0.25, -0.2) is 29.9 Å². The van der Waals surface area contributed by atoms with E-state index in [0.29, 0.717) is 0 Å². The molecule has 288 valence electrons. The van der Waals surface area contributed by atoms with Crippen LogP contribution in [0.25, 0.3) is 16.6 Å². The number of imidazole rings is 1. The monoisotopic (exact) mass is 720 g/mol. The fraction of sp³-hybridized carbons (Fsp3) is 0.609. The smallest absolute Gasteiger partial charge is 0.139 e. The van der Waals surface area contributed by atoms with Gasteiger partial charge in [-0.2, -0.15) is 0 Å². The van der Waals surface area contributed by atoms with E-state index in [2.05, 4.69) is 158 Å². The molecule has 5 aromatic rings. The molecule has 0 bridgehead atoms. The molecule has 0 amide bonds. The zero-order valence-corrected chi connectivity index (χ0v) is 36.5. The Morgan fingerprint density at radius 1 is 0.528 bits per heavy atom. The maximum absolute atomic E-state index is 4.92. The first-order valence-electron chi connectivity index (χ1n) is 19.6. The normalized spacial score (nSPS) is 14.3. The van der Waals surface area contributed by atoms with E-state index in [0.717, 1.165) is 58.3 Å². The van der Waals surface area contributed by atoms with Crippen LogP contribution < -0.4 is 0 Å². The van der Waals surface area contributed by atoms with E-state index in [-0.39, 0.29) is 32.5 Å². The molecule has 0 spiro atoms. The first kappa shape index (κ1) is 42.0. The first-order valence-corrected chi connectivity index (χ1v) is 19.6. The van der Waals surface area contributed by atoms with Crippen molar-refractivity contribution in [3.8, 4) is 0 Å². The van der Waals surface area contributed by atoms with Gasteiger partial charge in [-0.05, 0) is 37.3 Å². The van der Waals surface area contributed by atoms with E-state index in [1.165, 1.54) is 29.8 Å². The second-order valence-electron chi connectivity index (χ2n) is 21.1. The zero-order valence-electron chi connectivity index (χ0n) is 36.5. The first-order chi connectivity index (χ1) is 24.1.